The Morgan fingerprint density at radius 2 is 1.92 bits per heavy atom. The zero-order chi connectivity index (χ0) is 18.1. The maximum atomic E-state index is 11.7. The predicted octanol–water partition coefficient (Wildman–Crippen LogP) is 3.69. The van der Waals surface area contributed by atoms with Crippen LogP contribution in [0.4, 0.5) is 0 Å². The van der Waals surface area contributed by atoms with E-state index in [0.29, 0.717) is 19.9 Å². The highest BCUT2D eigenvalue weighted by Gasteiger charge is 2.18. The number of carbonyl (C=O) groups excluding carboxylic acids is 1. The van der Waals surface area contributed by atoms with E-state index in [1.165, 1.54) is 17.3 Å². The highest BCUT2D eigenvalue weighted by Crippen LogP contribution is 2.25. The minimum Gasteiger partial charge on any atom is -0.465 e. The van der Waals surface area contributed by atoms with Crippen LogP contribution < -0.4 is 0 Å². The van der Waals surface area contributed by atoms with Crippen molar-refractivity contribution < 1.29 is 14.3 Å². The second-order valence-corrected chi connectivity index (χ2v) is 6.39. The summed E-state index contributed by atoms with van der Waals surface area (Å²) in [6.07, 6.45) is 1.64. The fraction of sp³-hybridized carbons (Fsp3) is 0.474. The molecule has 2 rings (SSSR count). The molecule has 0 amide bonds. The van der Waals surface area contributed by atoms with Crippen molar-refractivity contribution in [3.63, 3.8) is 0 Å². The minimum atomic E-state index is -0.221. The Morgan fingerprint density at radius 1 is 1.16 bits per heavy atom. The molecule has 0 saturated heterocycles. The molecule has 1 heterocycles. The van der Waals surface area contributed by atoms with Gasteiger partial charge in [-0.2, -0.15) is 0 Å². The number of aryl methyl sites for hydroxylation is 1. The van der Waals surface area contributed by atoms with Gasteiger partial charge in [0.05, 0.1) is 18.1 Å². The number of rotatable bonds is 10. The van der Waals surface area contributed by atoms with E-state index in [4.69, 9.17) is 14.5 Å². The molecule has 0 aliphatic carbocycles. The second kappa shape index (κ2) is 10.3. The topological polar surface area (TPSA) is 53.4 Å². The Labute approximate surface area is 153 Å². The highest BCUT2D eigenvalue weighted by atomic mass is 32.2. The van der Waals surface area contributed by atoms with Gasteiger partial charge in [-0.15, -0.1) is 0 Å². The van der Waals surface area contributed by atoms with E-state index in [9.17, 15) is 4.79 Å². The number of imidazole rings is 1. The van der Waals surface area contributed by atoms with Gasteiger partial charge < -0.3 is 9.47 Å². The van der Waals surface area contributed by atoms with Crippen LogP contribution in [-0.2, 0) is 33.8 Å². The molecule has 0 atom stereocenters. The van der Waals surface area contributed by atoms with E-state index in [1.807, 2.05) is 32.0 Å². The van der Waals surface area contributed by atoms with E-state index in [-0.39, 0.29) is 11.7 Å². The largest absolute Gasteiger partial charge is 0.465 e. The SMILES string of the molecule is CCOCn1c(SCC(=O)OCC)nc(CC)c1Cc1ccccc1. The van der Waals surface area contributed by atoms with Crippen molar-refractivity contribution in [2.45, 2.75) is 45.5 Å². The number of carbonyl (C=O) groups is 1. The van der Waals surface area contributed by atoms with Crippen LogP contribution in [0.5, 0.6) is 0 Å². The first kappa shape index (κ1) is 19.5. The molecule has 6 heteroatoms. The van der Waals surface area contributed by atoms with Crippen molar-refractivity contribution in [1.82, 2.24) is 9.55 Å². The zero-order valence-corrected chi connectivity index (χ0v) is 16.0. The summed E-state index contributed by atoms with van der Waals surface area (Å²) in [5.74, 6) is 0.0337. The lowest BCUT2D eigenvalue weighted by Crippen LogP contribution is -2.11. The molecule has 0 spiro atoms. The van der Waals surface area contributed by atoms with Crippen LogP contribution in [0.1, 0.15) is 37.7 Å². The summed E-state index contributed by atoms with van der Waals surface area (Å²) in [4.78, 5) is 16.4. The molecular weight excluding hydrogens is 336 g/mol. The predicted molar refractivity (Wildman–Crippen MR) is 99.8 cm³/mol. The number of hydrogen-bond donors (Lipinski definition) is 0. The van der Waals surface area contributed by atoms with Gasteiger partial charge in [0, 0.05) is 18.7 Å². The molecule has 0 fully saturated rings. The summed E-state index contributed by atoms with van der Waals surface area (Å²) in [7, 11) is 0. The molecule has 0 N–H and O–H groups in total. The quantitative estimate of drug-likeness (QED) is 0.477. The molecule has 0 aliphatic heterocycles. The second-order valence-electron chi connectivity index (χ2n) is 5.45. The zero-order valence-electron chi connectivity index (χ0n) is 15.2. The van der Waals surface area contributed by atoms with E-state index in [1.54, 1.807) is 0 Å². The maximum absolute atomic E-state index is 11.7. The number of esters is 1. The van der Waals surface area contributed by atoms with Gasteiger partial charge in [-0.3, -0.25) is 9.36 Å². The molecule has 1 aromatic heterocycles. The summed E-state index contributed by atoms with van der Waals surface area (Å²) in [6, 6.07) is 10.3. The fourth-order valence-electron chi connectivity index (χ4n) is 2.53. The summed E-state index contributed by atoms with van der Waals surface area (Å²) >= 11 is 1.40. The van der Waals surface area contributed by atoms with Crippen LogP contribution in [0.2, 0.25) is 0 Å². The molecule has 1 aromatic carbocycles. The van der Waals surface area contributed by atoms with Crippen LogP contribution in [0.15, 0.2) is 35.5 Å². The third-order valence-corrected chi connectivity index (χ3v) is 4.67. The average molecular weight is 362 g/mol. The summed E-state index contributed by atoms with van der Waals surface area (Å²) in [5, 5.41) is 0.810. The lowest BCUT2D eigenvalue weighted by molar-refractivity contribution is -0.139. The Morgan fingerprint density at radius 3 is 2.56 bits per heavy atom. The molecule has 2 aromatic rings. The molecule has 0 unspecified atom stereocenters. The summed E-state index contributed by atoms with van der Waals surface area (Å²) < 4.78 is 12.7. The first-order valence-corrected chi connectivity index (χ1v) is 9.66. The first-order chi connectivity index (χ1) is 12.2. The van der Waals surface area contributed by atoms with Crippen LogP contribution in [-0.4, -0.2) is 34.5 Å². The summed E-state index contributed by atoms with van der Waals surface area (Å²) in [6.45, 7) is 7.35. The van der Waals surface area contributed by atoms with Crippen molar-refractivity contribution in [1.29, 1.82) is 0 Å². The van der Waals surface area contributed by atoms with Gasteiger partial charge in [-0.1, -0.05) is 49.0 Å². The Bertz CT molecular complexity index is 671. The normalized spacial score (nSPS) is 10.8. The summed E-state index contributed by atoms with van der Waals surface area (Å²) in [5.41, 5.74) is 3.43. The van der Waals surface area contributed by atoms with Crippen molar-refractivity contribution in [2.75, 3.05) is 19.0 Å². The molecule has 0 bridgehead atoms. The molecule has 0 aliphatic rings. The van der Waals surface area contributed by atoms with Gasteiger partial charge in [0.2, 0.25) is 0 Å². The highest BCUT2D eigenvalue weighted by molar-refractivity contribution is 7.99. The van der Waals surface area contributed by atoms with Crippen molar-refractivity contribution in [3.8, 4) is 0 Å². The Kier molecular flexibility index (Phi) is 8.01. The van der Waals surface area contributed by atoms with Gasteiger partial charge in [0.1, 0.15) is 6.73 Å². The maximum Gasteiger partial charge on any atom is 0.316 e. The van der Waals surface area contributed by atoms with Gasteiger partial charge >= 0.3 is 5.97 Å². The van der Waals surface area contributed by atoms with Crippen molar-refractivity contribution >= 4 is 17.7 Å². The smallest absolute Gasteiger partial charge is 0.316 e. The molecule has 0 radical (unpaired) electrons. The van der Waals surface area contributed by atoms with Gasteiger partial charge in [-0.05, 0) is 25.8 Å². The average Bonchev–Trinajstić information content (AvgIpc) is 2.96. The van der Waals surface area contributed by atoms with Gasteiger partial charge in [0.25, 0.3) is 0 Å². The number of hydrogen-bond acceptors (Lipinski definition) is 5. The molecule has 0 saturated carbocycles. The Balaban J connectivity index is 2.26. The third-order valence-electron chi connectivity index (χ3n) is 3.72. The molecule has 25 heavy (non-hydrogen) atoms. The van der Waals surface area contributed by atoms with E-state index < -0.39 is 0 Å². The standard InChI is InChI=1S/C19H26N2O3S/c1-4-16-17(12-15-10-8-7-9-11-15)21(14-23-5-2)19(20-16)25-13-18(22)24-6-3/h7-11H,4-6,12-14H2,1-3H3. The van der Waals surface area contributed by atoms with E-state index in [0.717, 1.165) is 29.4 Å². The number of benzene rings is 1. The van der Waals surface area contributed by atoms with Crippen molar-refractivity contribution in [2.24, 2.45) is 0 Å². The molecule has 136 valence electrons. The van der Waals surface area contributed by atoms with Crippen LogP contribution in [0.25, 0.3) is 0 Å². The number of nitrogens with zero attached hydrogens (tertiary/aromatic N) is 2. The van der Waals surface area contributed by atoms with Crippen LogP contribution >= 0.6 is 11.8 Å². The monoisotopic (exact) mass is 362 g/mol. The first-order valence-electron chi connectivity index (χ1n) is 8.67. The van der Waals surface area contributed by atoms with Crippen LogP contribution in [0, 0.1) is 0 Å². The molecule has 5 nitrogen and oxygen atoms in total. The number of thioether (sulfide) groups is 1. The third kappa shape index (κ3) is 5.61. The molecular formula is C19H26N2O3S. The Hall–Kier alpha value is -1.79. The number of ether oxygens (including phenoxy) is 2. The minimum absolute atomic E-state index is 0.221. The van der Waals surface area contributed by atoms with E-state index >= 15 is 0 Å². The number of aromatic nitrogens is 2. The van der Waals surface area contributed by atoms with Crippen molar-refractivity contribution in [3.05, 3.63) is 47.3 Å². The lowest BCUT2D eigenvalue weighted by Gasteiger charge is -2.12. The van der Waals surface area contributed by atoms with E-state index in [2.05, 4.69) is 23.6 Å². The fourth-order valence-corrected chi connectivity index (χ4v) is 3.36. The van der Waals surface area contributed by atoms with Crippen LogP contribution in [0.3, 0.4) is 0 Å². The van der Waals surface area contributed by atoms with Gasteiger partial charge in [-0.25, -0.2) is 4.98 Å². The van der Waals surface area contributed by atoms with Gasteiger partial charge in [0.15, 0.2) is 5.16 Å². The lowest BCUT2D eigenvalue weighted by atomic mass is 10.1.